The van der Waals surface area contributed by atoms with E-state index in [1.54, 1.807) is 20.8 Å². The van der Waals surface area contributed by atoms with Crippen molar-refractivity contribution in [2.75, 3.05) is 19.7 Å². The first-order valence-corrected chi connectivity index (χ1v) is 10.7. The molecule has 0 saturated carbocycles. The van der Waals surface area contributed by atoms with E-state index >= 15 is 0 Å². The van der Waals surface area contributed by atoms with Crippen LogP contribution in [0.2, 0.25) is 0 Å². The lowest BCUT2D eigenvalue weighted by atomic mass is 9.87. The number of alkyl halides is 6. The Bertz CT molecular complexity index is 840. The van der Waals surface area contributed by atoms with E-state index < -0.39 is 78.5 Å². The van der Waals surface area contributed by atoms with Gasteiger partial charge in [-0.3, -0.25) is 28.7 Å². The van der Waals surface area contributed by atoms with Crippen molar-refractivity contribution in [1.29, 1.82) is 0 Å². The summed E-state index contributed by atoms with van der Waals surface area (Å²) < 4.78 is 77.6. The normalized spacial score (nSPS) is 18.1. The standard InChI is InChI=1S/C20H28F6N4O6/c1-18(2,3)7-12(30-17(35)16(34)28-9-19(21,22)23)15(33)29-11(6-10-4-5-27-14(10)32)13(31)8-36-20(24,25)26/h10-12H,4-9H2,1-3H3,(H,27,32)(H,28,34)(H,29,33)(H,30,35)/t10-,11-,12-/m0/s1. The van der Waals surface area contributed by atoms with Gasteiger partial charge in [-0.15, -0.1) is 13.2 Å². The Labute approximate surface area is 202 Å². The molecule has 0 aromatic heterocycles. The highest BCUT2D eigenvalue weighted by Gasteiger charge is 2.37. The molecule has 0 radical (unpaired) electrons. The smallest absolute Gasteiger partial charge is 0.356 e. The molecule has 36 heavy (non-hydrogen) atoms. The van der Waals surface area contributed by atoms with Gasteiger partial charge in [0.2, 0.25) is 11.8 Å². The van der Waals surface area contributed by atoms with E-state index in [0.717, 1.165) is 0 Å². The number of ether oxygens (including phenoxy) is 1. The van der Waals surface area contributed by atoms with Crippen LogP contribution in [0.3, 0.4) is 0 Å². The van der Waals surface area contributed by atoms with Crippen molar-refractivity contribution in [2.24, 2.45) is 11.3 Å². The number of hydrogen-bond donors (Lipinski definition) is 4. The Morgan fingerprint density at radius 1 is 1.00 bits per heavy atom. The second-order valence-corrected chi connectivity index (χ2v) is 9.36. The van der Waals surface area contributed by atoms with Crippen LogP contribution in [0.25, 0.3) is 0 Å². The number of ketones is 1. The highest BCUT2D eigenvalue weighted by molar-refractivity contribution is 6.35. The maximum atomic E-state index is 12.9. The summed E-state index contributed by atoms with van der Waals surface area (Å²) >= 11 is 0. The molecule has 1 aliphatic heterocycles. The number of rotatable bonds is 10. The lowest BCUT2D eigenvalue weighted by molar-refractivity contribution is -0.321. The average Bonchev–Trinajstić information content (AvgIpc) is 3.11. The van der Waals surface area contributed by atoms with Crippen LogP contribution >= 0.6 is 0 Å². The van der Waals surface area contributed by atoms with Crippen LogP contribution in [0, 0.1) is 11.3 Å². The molecule has 10 nitrogen and oxygen atoms in total. The van der Waals surface area contributed by atoms with Gasteiger partial charge in [0.15, 0.2) is 5.78 Å². The number of amides is 4. The van der Waals surface area contributed by atoms with Crippen LogP contribution in [0.5, 0.6) is 0 Å². The average molecular weight is 534 g/mol. The topological polar surface area (TPSA) is 143 Å². The highest BCUT2D eigenvalue weighted by Crippen LogP contribution is 2.23. The molecule has 0 spiro atoms. The minimum Gasteiger partial charge on any atom is -0.356 e. The van der Waals surface area contributed by atoms with Crippen LogP contribution in [-0.2, 0) is 28.7 Å². The summed E-state index contributed by atoms with van der Waals surface area (Å²) in [7, 11) is 0. The summed E-state index contributed by atoms with van der Waals surface area (Å²) in [6.45, 7) is 1.89. The monoisotopic (exact) mass is 534 g/mol. The third-order valence-electron chi connectivity index (χ3n) is 4.86. The molecule has 0 bridgehead atoms. The number of Topliss-reactive ketones (excluding diaryl/α,β-unsaturated/α-hetero) is 1. The van der Waals surface area contributed by atoms with E-state index in [-0.39, 0.29) is 25.8 Å². The van der Waals surface area contributed by atoms with Crippen LogP contribution in [0.4, 0.5) is 26.3 Å². The fraction of sp³-hybridized carbons (Fsp3) is 0.750. The molecule has 1 saturated heterocycles. The molecular formula is C20H28F6N4O6. The molecule has 0 aromatic carbocycles. The van der Waals surface area contributed by atoms with Crippen molar-refractivity contribution >= 4 is 29.4 Å². The molecule has 16 heteroatoms. The van der Waals surface area contributed by atoms with Crippen molar-refractivity contribution in [3.8, 4) is 0 Å². The lowest BCUT2D eigenvalue weighted by Gasteiger charge is -2.28. The maximum Gasteiger partial charge on any atom is 0.522 e. The summed E-state index contributed by atoms with van der Waals surface area (Å²) in [6.07, 6.45) is -10.2. The highest BCUT2D eigenvalue weighted by atomic mass is 19.4. The molecule has 4 amide bonds. The van der Waals surface area contributed by atoms with Gasteiger partial charge >= 0.3 is 24.4 Å². The van der Waals surface area contributed by atoms with E-state index in [2.05, 4.69) is 15.4 Å². The van der Waals surface area contributed by atoms with Crippen LogP contribution in [-0.4, -0.2) is 73.7 Å². The predicted octanol–water partition coefficient (Wildman–Crippen LogP) is 0.702. The van der Waals surface area contributed by atoms with E-state index in [9.17, 15) is 50.3 Å². The van der Waals surface area contributed by atoms with Gasteiger partial charge in [0.05, 0.1) is 6.04 Å². The molecule has 0 aliphatic carbocycles. The molecule has 206 valence electrons. The van der Waals surface area contributed by atoms with Gasteiger partial charge in [-0.25, -0.2) is 0 Å². The van der Waals surface area contributed by atoms with Crippen molar-refractivity contribution < 1.29 is 55.1 Å². The molecule has 1 fully saturated rings. The quantitative estimate of drug-likeness (QED) is 0.240. The molecule has 4 N–H and O–H groups in total. The zero-order valence-electron chi connectivity index (χ0n) is 19.7. The minimum atomic E-state index is -5.14. The number of nitrogens with one attached hydrogen (secondary N) is 4. The number of carbonyl (C=O) groups excluding carboxylic acids is 5. The van der Waals surface area contributed by atoms with E-state index in [4.69, 9.17) is 0 Å². The van der Waals surface area contributed by atoms with Crippen molar-refractivity contribution in [3.05, 3.63) is 0 Å². The van der Waals surface area contributed by atoms with Crippen LogP contribution in [0.15, 0.2) is 0 Å². The van der Waals surface area contributed by atoms with Gasteiger partial charge < -0.3 is 21.3 Å². The molecule has 0 aromatic rings. The third kappa shape index (κ3) is 12.2. The molecule has 3 atom stereocenters. The Morgan fingerprint density at radius 3 is 2.08 bits per heavy atom. The fourth-order valence-corrected chi connectivity index (χ4v) is 3.26. The summed E-state index contributed by atoms with van der Waals surface area (Å²) in [4.78, 5) is 61.0. The Balaban J connectivity index is 3.02. The Morgan fingerprint density at radius 2 is 1.61 bits per heavy atom. The van der Waals surface area contributed by atoms with E-state index in [1.807, 2.05) is 5.32 Å². The lowest BCUT2D eigenvalue weighted by Crippen LogP contribution is -2.56. The molecule has 1 heterocycles. The van der Waals surface area contributed by atoms with Gasteiger partial charge in [0.1, 0.15) is 19.2 Å². The summed E-state index contributed by atoms with van der Waals surface area (Å²) in [6, 6.07) is -3.17. The SMILES string of the molecule is CC(C)(C)C[C@H](NC(=O)C(=O)NCC(F)(F)F)C(=O)N[C@@H](C[C@@H]1CCNC1=O)C(=O)COC(F)(F)F. The second kappa shape index (κ2) is 12.4. The maximum absolute atomic E-state index is 12.9. The number of hydrogen-bond acceptors (Lipinski definition) is 6. The van der Waals surface area contributed by atoms with Crippen molar-refractivity contribution in [1.82, 2.24) is 21.3 Å². The molecular weight excluding hydrogens is 506 g/mol. The summed E-state index contributed by atoms with van der Waals surface area (Å²) in [5, 5.41) is 7.99. The minimum absolute atomic E-state index is 0.166. The van der Waals surface area contributed by atoms with Gasteiger partial charge in [0, 0.05) is 12.5 Å². The van der Waals surface area contributed by atoms with Crippen LogP contribution < -0.4 is 21.3 Å². The molecule has 1 aliphatic rings. The van der Waals surface area contributed by atoms with E-state index in [1.165, 1.54) is 5.32 Å². The van der Waals surface area contributed by atoms with Crippen LogP contribution in [0.1, 0.15) is 40.0 Å². The first kappa shape index (κ1) is 31.1. The largest absolute Gasteiger partial charge is 0.522 e. The fourth-order valence-electron chi connectivity index (χ4n) is 3.26. The number of halogens is 6. The number of carbonyl (C=O) groups is 5. The van der Waals surface area contributed by atoms with Gasteiger partial charge in [-0.05, 0) is 24.7 Å². The zero-order valence-corrected chi connectivity index (χ0v) is 19.7. The first-order chi connectivity index (χ1) is 16.3. The van der Waals surface area contributed by atoms with Gasteiger partial charge in [-0.2, -0.15) is 13.2 Å². The zero-order chi connectivity index (χ0) is 27.9. The van der Waals surface area contributed by atoms with Gasteiger partial charge in [0.25, 0.3) is 0 Å². The van der Waals surface area contributed by atoms with E-state index in [0.29, 0.717) is 0 Å². The Hall–Kier alpha value is -2.91. The third-order valence-corrected chi connectivity index (χ3v) is 4.86. The summed E-state index contributed by atoms with van der Waals surface area (Å²) in [5.74, 6) is -6.81. The van der Waals surface area contributed by atoms with Gasteiger partial charge in [-0.1, -0.05) is 20.8 Å². The summed E-state index contributed by atoms with van der Waals surface area (Å²) in [5.41, 5.74) is -0.692. The second-order valence-electron chi connectivity index (χ2n) is 9.36. The molecule has 1 rings (SSSR count). The van der Waals surface area contributed by atoms with Crippen molar-refractivity contribution in [2.45, 2.75) is 64.7 Å². The predicted molar refractivity (Wildman–Crippen MR) is 110 cm³/mol. The van der Waals surface area contributed by atoms with Crippen molar-refractivity contribution in [3.63, 3.8) is 0 Å². The Kier molecular flexibility index (Phi) is 10.7. The molecule has 0 unspecified atom stereocenters. The first-order valence-electron chi connectivity index (χ1n) is 10.7.